The molecule has 1 aromatic carbocycles. The number of hydrogen-bond acceptors (Lipinski definition) is 5. The Morgan fingerprint density at radius 3 is 2.26 bits per heavy atom. The zero-order valence-electron chi connectivity index (χ0n) is 10.8. The van der Waals surface area contributed by atoms with Gasteiger partial charge in [-0.1, -0.05) is 6.58 Å². The molecule has 0 amide bonds. The monoisotopic (exact) mass is 263 g/mol. The molecule has 2 rings (SSSR count). The molecule has 1 aromatic rings. The minimum atomic E-state index is -0.630. The maximum atomic E-state index is 11.2. The lowest BCUT2D eigenvalue weighted by Gasteiger charge is -2.21. The van der Waals surface area contributed by atoms with E-state index in [0.29, 0.717) is 16.9 Å². The molecule has 0 unspecified atom stereocenters. The van der Waals surface area contributed by atoms with Crippen molar-refractivity contribution in [1.82, 2.24) is 0 Å². The Morgan fingerprint density at radius 2 is 1.79 bits per heavy atom. The van der Waals surface area contributed by atoms with Gasteiger partial charge >= 0.3 is 0 Å². The maximum Gasteiger partial charge on any atom is 0.282 e. The summed E-state index contributed by atoms with van der Waals surface area (Å²) < 4.78 is 0. The number of nitrogens with zero attached hydrogens (tertiary/aromatic N) is 3. The summed E-state index contributed by atoms with van der Waals surface area (Å²) in [4.78, 5) is 22.5. The lowest BCUT2D eigenvalue weighted by Crippen LogP contribution is -2.22. The summed E-state index contributed by atoms with van der Waals surface area (Å²) in [6.07, 6.45) is 0. The van der Waals surface area contributed by atoms with E-state index in [-0.39, 0.29) is 11.4 Å². The maximum absolute atomic E-state index is 11.2. The second-order valence-corrected chi connectivity index (χ2v) is 5.00. The van der Waals surface area contributed by atoms with Crippen molar-refractivity contribution in [1.29, 1.82) is 0 Å². The van der Waals surface area contributed by atoms with Gasteiger partial charge in [0.05, 0.1) is 27.2 Å². The van der Waals surface area contributed by atoms with Gasteiger partial charge in [0.1, 0.15) is 0 Å². The second kappa shape index (κ2) is 3.78. The van der Waals surface area contributed by atoms with Crippen LogP contribution >= 0.6 is 0 Å². The minimum Gasteiger partial charge on any atom is -0.347 e. The molecule has 0 bridgehead atoms. The molecule has 19 heavy (non-hydrogen) atoms. The molecule has 0 fully saturated rings. The third-order valence-corrected chi connectivity index (χ3v) is 3.60. The predicted molar refractivity (Wildman–Crippen MR) is 70.3 cm³/mol. The molecule has 0 spiro atoms. The summed E-state index contributed by atoms with van der Waals surface area (Å²) in [5.41, 5.74) is 0.460. The van der Waals surface area contributed by atoms with Gasteiger partial charge in [-0.05, 0) is 13.8 Å². The van der Waals surface area contributed by atoms with Gasteiger partial charge in [0, 0.05) is 24.2 Å². The summed E-state index contributed by atoms with van der Waals surface area (Å²) in [7, 11) is 1.70. The van der Waals surface area contributed by atoms with Gasteiger partial charge in [-0.25, -0.2) is 0 Å². The van der Waals surface area contributed by atoms with Crippen molar-refractivity contribution in [3.8, 4) is 0 Å². The molecule has 0 atom stereocenters. The number of nitro benzene ring substituents is 2. The second-order valence-electron chi connectivity index (χ2n) is 5.00. The molecule has 7 heteroatoms. The van der Waals surface area contributed by atoms with E-state index in [1.807, 2.05) is 13.8 Å². The fourth-order valence-electron chi connectivity index (χ4n) is 2.46. The SMILES string of the molecule is C=C1N(C)c2cc([N+](=O)[O-])cc([N+](=O)[O-])c2C1(C)C. The first kappa shape index (κ1) is 13.0. The molecule has 0 aromatic heterocycles. The van der Waals surface area contributed by atoms with Crippen molar-refractivity contribution in [2.75, 3.05) is 11.9 Å². The van der Waals surface area contributed by atoms with Gasteiger partial charge in [-0.3, -0.25) is 20.2 Å². The highest BCUT2D eigenvalue weighted by molar-refractivity contribution is 5.78. The lowest BCUT2D eigenvalue weighted by molar-refractivity contribution is -0.394. The van der Waals surface area contributed by atoms with Crippen LogP contribution in [0.2, 0.25) is 0 Å². The average molecular weight is 263 g/mol. The lowest BCUT2D eigenvalue weighted by atomic mass is 9.83. The number of anilines is 1. The van der Waals surface area contributed by atoms with Crippen molar-refractivity contribution in [2.45, 2.75) is 19.3 Å². The van der Waals surface area contributed by atoms with Crippen molar-refractivity contribution < 1.29 is 9.85 Å². The molecule has 100 valence electrons. The molecule has 1 aliphatic rings. The molecule has 7 nitrogen and oxygen atoms in total. The Hall–Kier alpha value is -2.44. The zero-order chi connectivity index (χ0) is 14.5. The van der Waals surface area contributed by atoms with Crippen LogP contribution in [-0.2, 0) is 5.41 Å². The van der Waals surface area contributed by atoms with Gasteiger partial charge in [0.25, 0.3) is 11.4 Å². The van der Waals surface area contributed by atoms with E-state index in [9.17, 15) is 20.2 Å². The summed E-state index contributed by atoms with van der Waals surface area (Å²) in [6, 6.07) is 2.36. The quantitative estimate of drug-likeness (QED) is 0.604. The van der Waals surface area contributed by atoms with Crippen LogP contribution in [0.25, 0.3) is 0 Å². The smallest absolute Gasteiger partial charge is 0.282 e. The molecule has 1 heterocycles. The van der Waals surface area contributed by atoms with Gasteiger partial charge in [-0.2, -0.15) is 0 Å². The van der Waals surface area contributed by atoms with E-state index < -0.39 is 15.3 Å². The summed E-state index contributed by atoms with van der Waals surface area (Å²) in [5, 5.41) is 22.0. The molecular weight excluding hydrogens is 250 g/mol. The number of fused-ring (bicyclic) bond motifs is 1. The first-order valence-electron chi connectivity index (χ1n) is 5.58. The summed E-state index contributed by atoms with van der Waals surface area (Å²) in [6.45, 7) is 7.54. The number of nitro groups is 2. The van der Waals surface area contributed by atoms with E-state index in [1.54, 1.807) is 11.9 Å². The van der Waals surface area contributed by atoms with E-state index in [1.165, 1.54) is 6.07 Å². The standard InChI is InChI=1S/C12H13N3O4/c1-7-12(2,3)11-9(13(7)4)5-8(14(16)17)6-10(11)15(18)19/h5-6H,1H2,2-4H3. The highest BCUT2D eigenvalue weighted by atomic mass is 16.6. The van der Waals surface area contributed by atoms with Crippen LogP contribution in [0.1, 0.15) is 19.4 Å². The number of likely N-dealkylation sites (N-methyl/N-ethyl adjacent to an activating group) is 1. The number of non-ortho nitro benzene ring substituents is 1. The molecule has 0 saturated heterocycles. The zero-order valence-corrected chi connectivity index (χ0v) is 10.8. The largest absolute Gasteiger partial charge is 0.347 e. The molecule has 0 saturated carbocycles. The molecule has 0 radical (unpaired) electrons. The minimum absolute atomic E-state index is 0.236. The predicted octanol–water partition coefficient (Wildman–Crippen LogP) is 2.74. The third kappa shape index (κ3) is 1.66. The van der Waals surface area contributed by atoms with Gasteiger partial charge < -0.3 is 4.90 Å². The topological polar surface area (TPSA) is 89.5 Å². The van der Waals surface area contributed by atoms with Gasteiger partial charge in [0.15, 0.2) is 0 Å². The van der Waals surface area contributed by atoms with Crippen LogP contribution in [0.4, 0.5) is 17.1 Å². The highest BCUT2D eigenvalue weighted by Gasteiger charge is 2.44. The van der Waals surface area contributed by atoms with Crippen LogP contribution in [-0.4, -0.2) is 16.9 Å². The number of allylic oxidation sites excluding steroid dienone is 1. The van der Waals surface area contributed by atoms with E-state index in [0.717, 1.165) is 6.07 Å². The van der Waals surface area contributed by atoms with Crippen molar-refractivity contribution in [3.05, 3.63) is 50.2 Å². The van der Waals surface area contributed by atoms with Crippen LogP contribution in [0, 0.1) is 20.2 Å². The Balaban J connectivity index is 2.85. The van der Waals surface area contributed by atoms with E-state index in [4.69, 9.17) is 0 Å². The third-order valence-electron chi connectivity index (χ3n) is 3.60. The van der Waals surface area contributed by atoms with Crippen molar-refractivity contribution in [2.24, 2.45) is 0 Å². The number of benzene rings is 1. The van der Waals surface area contributed by atoms with E-state index >= 15 is 0 Å². The van der Waals surface area contributed by atoms with Crippen LogP contribution < -0.4 is 4.90 Å². The van der Waals surface area contributed by atoms with Gasteiger partial charge in [0.2, 0.25) is 0 Å². The Morgan fingerprint density at radius 1 is 1.21 bits per heavy atom. The molecular formula is C12H13N3O4. The highest BCUT2D eigenvalue weighted by Crippen LogP contribution is 2.51. The molecule has 0 aliphatic carbocycles. The van der Waals surface area contributed by atoms with Crippen molar-refractivity contribution >= 4 is 17.1 Å². The summed E-state index contributed by atoms with van der Waals surface area (Å²) in [5.74, 6) is 0. The van der Waals surface area contributed by atoms with Crippen molar-refractivity contribution in [3.63, 3.8) is 0 Å². The van der Waals surface area contributed by atoms with Crippen LogP contribution in [0.15, 0.2) is 24.4 Å². The van der Waals surface area contributed by atoms with Gasteiger partial charge in [-0.15, -0.1) is 0 Å². The van der Waals surface area contributed by atoms with Crippen LogP contribution in [0.3, 0.4) is 0 Å². The Bertz CT molecular complexity index is 622. The fraction of sp³-hybridized carbons (Fsp3) is 0.333. The average Bonchev–Trinajstić information content (AvgIpc) is 2.50. The normalized spacial score (nSPS) is 16.4. The number of hydrogen-bond donors (Lipinski definition) is 0. The first-order chi connectivity index (χ1) is 8.67. The van der Waals surface area contributed by atoms with E-state index in [2.05, 4.69) is 6.58 Å². The molecule has 1 aliphatic heterocycles. The summed E-state index contributed by atoms with van der Waals surface area (Å²) >= 11 is 0. The Kier molecular flexibility index (Phi) is 2.58. The molecule has 0 N–H and O–H groups in total. The Labute approximate surface area is 109 Å². The number of rotatable bonds is 2. The van der Waals surface area contributed by atoms with Crippen LogP contribution in [0.5, 0.6) is 0 Å². The first-order valence-corrected chi connectivity index (χ1v) is 5.58. The fourth-order valence-corrected chi connectivity index (χ4v) is 2.46.